The number of H-pyrrole nitrogens is 1. The molecule has 0 bridgehead atoms. The summed E-state index contributed by atoms with van der Waals surface area (Å²) in [5, 5.41) is 22.4. The molecule has 0 saturated heterocycles. The average Bonchev–Trinajstić information content (AvgIpc) is 2.80. The molecular weight excluding hydrogens is 450 g/mol. The van der Waals surface area contributed by atoms with Crippen LogP contribution in [0.5, 0.6) is 11.5 Å². The third-order valence-electron chi connectivity index (χ3n) is 4.17. The van der Waals surface area contributed by atoms with Crippen LogP contribution in [-0.4, -0.2) is 40.5 Å². The lowest BCUT2D eigenvalue weighted by molar-refractivity contribution is -0.139. The fraction of sp³-hybridized carbons (Fsp3) is 0.136. The zero-order valence-electron chi connectivity index (χ0n) is 17.3. The molecule has 0 aliphatic heterocycles. The fourth-order valence-electron chi connectivity index (χ4n) is 2.77. The van der Waals surface area contributed by atoms with Crippen molar-refractivity contribution in [2.24, 2.45) is 5.10 Å². The molecule has 0 atom stereocenters. The predicted octanol–water partition coefficient (Wildman–Crippen LogP) is 3.27. The fourth-order valence-corrected chi connectivity index (χ4v) is 2.97. The Morgan fingerprint density at radius 1 is 1.30 bits per heavy atom. The van der Waals surface area contributed by atoms with Crippen LogP contribution in [0.4, 0.5) is 5.95 Å². The Balaban J connectivity index is 1.87. The number of ether oxygens (including phenoxy) is 2. The molecule has 0 unspecified atom stereocenters. The van der Waals surface area contributed by atoms with Crippen molar-refractivity contribution in [1.29, 1.82) is 5.26 Å². The van der Waals surface area contributed by atoms with E-state index in [-0.39, 0.29) is 28.0 Å². The van der Waals surface area contributed by atoms with Gasteiger partial charge in [-0.15, -0.1) is 0 Å². The number of nitrogens with one attached hydrogen (secondary N) is 2. The van der Waals surface area contributed by atoms with Crippen LogP contribution < -0.4 is 20.5 Å². The van der Waals surface area contributed by atoms with Crippen LogP contribution in [0.3, 0.4) is 0 Å². The van der Waals surface area contributed by atoms with E-state index in [4.69, 9.17) is 26.2 Å². The van der Waals surface area contributed by atoms with E-state index in [0.717, 1.165) is 0 Å². The molecule has 0 aliphatic carbocycles. The largest absolute Gasteiger partial charge is 0.490 e. The molecular formula is C22H18ClN5O5. The van der Waals surface area contributed by atoms with Crippen molar-refractivity contribution in [3.05, 3.63) is 69.0 Å². The van der Waals surface area contributed by atoms with Gasteiger partial charge < -0.3 is 14.6 Å². The summed E-state index contributed by atoms with van der Waals surface area (Å²) in [5.41, 5.74) is 3.15. The van der Waals surface area contributed by atoms with Crippen molar-refractivity contribution in [3.8, 4) is 28.8 Å². The van der Waals surface area contributed by atoms with Crippen LogP contribution in [0.2, 0.25) is 5.02 Å². The number of aliphatic carboxylic acids is 1. The highest BCUT2D eigenvalue weighted by Crippen LogP contribution is 2.33. The molecule has 10 nitrogen and oxygen atoms in total. The molecule has 0 saturated carbocycles. The van der Waals surface area contributed by atoms with Gasteiger partial charge in [-0.3, -0.25) is 9.78 Å². The summed E-state index contributed by atoms with van der Waals surface area (Å²) in [5.74, 6) is -0.639. The van der Waals surface area contributed by atoms with Crippen molar-refractivity contribution in [3.63, 3.8) is 0 Å². The van der Waals surface area contributed by atoms with E-state index in [0.29, 0.717) is 23.5 Å². The number of hydrogen-bond acceptors (Lipinski definition) is 8. The van der Waals surface area contributed by atoms with E-state index in [1.54, 1.807) is 37.3 Å². The summed E-state index contributed by atoms with van der Waals surface area (Å²) in [4.78, 5) is 29.8. The number of nitrogens with zero attached hydrogens (tertiary/aromatic N) is 3. The van der Waals surface area contributed by atoms with Crippen LogP contribution in [0.1, 0.15) is 18.1 Å². The SMILES string of the molecule is CCOc1cc(C=NNc2nc(-c3ccccc3)c(C#N)c(=O)[nH]2)c(Cl)cc1OCC(=O)O. The third-order valence-corrected chi connectivity index (χ3v) is 4.49. The molecule has 3 N–H and O–H groups in total. The Kier molecular flexibility index (Phi) is 7.62. The predicted molar refractivity (Wildman–Crippen MR) is 122 cm³/mol. The summed E-state index contributed by atoms with van der Waals surface area (Å²) in [6.45, 7) is 1.54. The maximum Gasteiger partial charge on any atom is 0.341 e. The second-order valence-corrected chi connectivity index (χ2v) is 6.83. The van der Waals surface area contributed by atoms with Gasteiger partial charge in [-0.2, -0.15) is 10.4 Å². The van der Waals surface area contributed by atoms with Crippen molar-refractivity contribution in [2.45, 2.75) is 6.92 Å². The van der Waals surface area contributed by atoms with Crippen molar-refractivity contribution < 1.29 is 19.4 Å². The number of carbonyl (C=O) groups is 1. The van der Waals surface area contributed by atoms with Gasteiger partial charge in [0.1, 0.15) is 11.6 Å². The Morgan fingerprint density at radius 2 is 2.03 bits per heavy atom. The number of aromatic nitrogens is 2. The van der Waals surface area contributed by atoms with Gasteiger partial charge >= 0.3 is 5.97 Å². The molecule has 0 amide bonds. The highest BCUT2D eigenvalue weighted by molar-refractivity contribution is 6.33. The van der Waals surface area contributed by atoms with E-state index in [1.807, 2.05) is 12.1 Å². The minimum atomic E-state index is -1.14. The Labute approximate surface area is 193 Å². The average molecular weight is 468 g/mol. The van der Waals surface area contributed by atoms with Crippen molar-refractivity contribution in [2.75, 3.05) is 18.6 Å². The van der Waals surface area contributed by atoms with Crippen molar-refractivity contribution in [1.82, 2.24) is 9.97 Å². The molecule has 33 heavy (non-hydrogen) atoms. The normalized spacial score (nSPS) is 10.6. The van der Waals surface area contributed by atoms with Gasteiger partial charge in [0.25, 0.3) is 5.56 Å². The quantitative estimate of drug-likeness (QED) is 0.320. The minimum absolute atomic E-state index is 0.0247. The first-order valence-electron chi connectivity index (χ1n) is 9.62. The monoisotopic (exact) mass is 467 g/mol. The van der Waals surface area contributed by atoms with Gasteiger partial charge in [-0.05, 0) is 13.0 Å². The number of hydrazone groups is 1. The number of halogens is 1. The molecule has 0 spiro atoms. The number of hydrogen-bond donors (Lipinski definition) is 3. The summed E-state index contributed by atoms with van der Waals surface area (Å²) >= 11 is 6.26. The van der Waals surface area contributed by atoms with E-state index in [2.05, 4.69) is 20.5 Å². The second-order valence-electron chi connectivity index (χ2n) is 6.42. The molecule has 3 rings (SSSR count). The van der Waals surface area contributed by atoms with Gasteiger partial charge in [0.2, 0.25) is 5.95 Å². The van der Waals surface area contributed by atoms with Gasteiger partial charge in [0.05, 0.1) is 23.5 Å². The van der Waals surface area contributed by atoms with Gasteiger partial charge in [0.15, 0.2) is 18.1 Å². The lowest BCUT2D eigenvalue weighted by Crippen LogP contribution is -2.16. The third kappa shape index (κ3) is 5.87. The second kappa shape index (κ2) is 10.8. The summed E-state index contributed by atoms with van der Waals surface area (Å²) in [6, 6.07) is 13.7. The van der Waals surface area contributed by atoms with Crippen LogP contribution in [0.15, 0.2) is 52.4 Å². The molecule has 11 heteroatoms. The van der Waals surface area contributed by atoms with Crippen molar-refractivity contribution >= 4 is 29.7 Å². The summed E-state index contributed by atoms with van der Waals surface area (Å²) in [7, 11) is 0. The van der Waals surface area contributed by atoms with Gasteiger partial charge in [-0.1, -0.05) is 41.9 Å². The molecule has 168 valence electrons. The minimum Gasteiger partial charge on any atom is -0.490 e. The smallest absolute Gasteiger partial charge is 0.341 e. The molecule has 3 aromatic rings. The number of nitriles is 1. The lowest BCUT2D eigenvalue weighted by atomic mass is 10.1. The zero-order valence-corrected chi connectivity index (χ0v) is 18.1. The van der Waals surface area contributed by atoms with E-state index >= 15 is 0 Å². The first-order chi connectivity index (χ1) is 15.9. The number of aromatic amines is 1. The van der Waals surface area contributed by atoms with E-state index < -0.39 is 18.1 Å². The first-order valence-corrected chi connectivity index (χ1v) is 10.0. The topological polar surface area (TPSA) is 150 Å². The Bertz CT molecular complexity index is 1280. The van der Waals surface area contributed by atoms with E-state index in [9.17, 15) is 14.9 Å². The highest BCUT2D eigenvalue weighted by atomic mass is 35.5. The highest BCUT2D eigenvalue weighted by Gasteiger charge is 2.14. The summed E-state index contributed by atoms with van der Waals surface area (Å²) < 4.78 is 10.7. The number of anilines is 1. The molecule has 0 radical (unpaired) electrons. The maximum absolute atomic E-state index is 12.3. The van der Waals surface area contributed by atoms with Gasteiger partial charge in [-0.25, -0.2) is 15.2 Å². The molecule has 2 aromatic carbocycles. The van der Waals surface area contributed by atoms with Crippen LogP contribution >= 0.6 is 11.6 Å². The summed E-state index contributed by atoms with van der Waals surface area (Å²) in [6.07, 6.45) is 1.37. The standard InChI is InChI=1S/C22H18ClN5O5/c1-2-32-17-8-14(16(23)9-18(17)33-12-19(29)30)11-25-28-22-26-20(13-6-4-3-5-7-13)15(10-24)21(31)27-22/h3-9,11H,2,12H2,1H3,(H,29,30)(H2,26,27,28,31). The van der Waals surface area contributed by atoms with Crippen LogP contribution in [-0.2, 0) is 4.79 Å². The van der Waals surface area contributed by atoms with Crippen LogP contribution in [0.25, 0.3) is 11.3 Å². The molecule has 0 fully saturated rings. The van der Waals surface area contributed by atoms with Gasteiger partial charge in [0, 0.05) is 17.2 Å². The Morgan fingerprint density at radius 3 is 2.70 bits per heavy atom. The number of carboxylic acid groups (broad SMARTS) is 1. The van der Waals surface area contributed by atoms with E-state index in [1.165, 1.54) is 12.3 Å². The number of benzene rings is 2. The molecule has 0 aliphatic rings. The van der Waals surface area contributed by atoms with Crippen LogP contribution in [0, 0.1) is 11.3 Å². The molecule has 1 aromatic heterocycles. The lowest BCUT2D eigenvalue weighted by Gasteiger charge is -2.12. The number of carboxylic acids is 1. The maximum atomic E-state index is 12.3. The molecule has 1 heterocycles. The number of rotatable bonds is 9. The Hall–Kier alpha value is -4.36. The zero-order chi connectivity index (χ0) is 23.8. The first kappa shape index (κ1) is 23.3.